The van der Waals surface area contributed by atoms with Crippen molar-refractivity contribution in [3.63, 3.8) is 0 Å². The highest BCUT2D eigenvalue weighted by molar-refractivity contribution is 9.10. The Balaban J connectivity index is 2.29. The van der Waals surface area contributed by atoms with Gasteiger partial charge in [-0.3, -0.25) is 9.69 Å². The van der Waals surface area contributed by atoms with Crippen LogP contribution in [0.3, 0.4) is 0 Å². The first-order valence-electron chi connectivity index (χ1n) is 8.61. The van der Waals surface area contributed by atoms with Crippen molar-refractivity contribution in [2.75, 3.05) is 26.4 Å². The van der Waals surface area contributed by atoms with E-state index in [0.29, 0.717) is 28.1 Å². The fourth-order valence-corrected chi connectivity index (χ4v) is 2.84. The minimum atomic E-state index is -0.508. The van der Waals surface area contributed by atoms with Crippen LogP contribution < -0.4 is 14.8 Å². The molecule has 1 aromatic rings. The normalized spacial score (nSPS) is 14.8. The average Bonchev–Trinajstić information content (AvgIpc) is 2.91. The van der Waals surface area contributed by atoms with Crippen LogP contribution in [0.4, 0.5) is 4.79 Å². The Hall–Kier alpha value is -2.81. The lowest BCUT2D eigenvalue weighted by Crippen LogP contribution is -2.30. The molecule has 1 aliphatic heterocycles. The Kier molecular flexibility index (Phi) is 7.62. The lowest BCUT2D eigenvalue weighted by atomic mass is 10.1. The predicted octanol–water partition coefficient (Wildman–Crippen LogP) is 2.87. The molecule has 2 rings (SSSR count). The molecule has 1 aliphatic rings. The second-order valence-electron chi connectivity index (χ2n) is 5.54. The Morgan fingerprint density at radius 2 is 1.93 bits per heavy atom. The second-order valence-corrected chi connectivity index (χ2v) is 6.39. The molecule has 0 aromatic heterocycles. The number of carbonyl (C=O) groups excluding carboxylic acids is 3. The SMILES string of the molecule is C=CCN1C(=O)N/C(=C/c2cc(OCC)c(OCC(=O)OCC)cc2Br)C1=O. The van der Waals surface area contributed by atoms with Crippen molar-refractivity contribution in [2.24, 2.45) is 0 Å². The van der Waals surface area contributed by atoms with E-state index in [1.807, 2.05) is 6.92 Å². The maximum Gasteiger partial charge on any atom is 0.344 e. The summed E-state index contributed by atoms with van der Waals surface area (Å²) in [5.41, 5.74) is 0.728. The topological polar surface area (TPSA) is 94.2 Å². The van der Waals surface area contributed by atoms with Crippen molar-refractivity contribution in [2.45, 2.75) is 13.8 Å². The van der Waals surface area contributed by atoms with E-state index in [2.05, 4.69) is 27.8 Å². The Morgan fingerprint density at radius 3 is 2.57 bits per heavy atom. The van der Waals surface area contributed by atoms with Gasteiger partial charge in [-0.25, -0.2) is 9.59 Å². The van der Waals surface area contributed by atoms with E-state index >= 15 is 0 Å². The van der Waals surface area contributed by atoms with Gasteiger partial charge in [0, 0.05) is 11.0 Å². The van der Waals surface area contributed by atoms with Crippen LogP contribution in [-0.4, -0.2) is 49.2 Å². The molecule has 0 saturated carbocycles. The molecule has 150 valence electrons. The fraction of sp³-hybridized carbons (Fsp3) is 0.316. The molecule has 0 aliphatic carbocycles. The summed E-state index contributed by atoms with van der Waals surface area (Å²) < 4.78 is 16.5. The van der Waals surface area contributed by atoms with Gasteiger partial charge in [0.15, 0.2) is 18.1 Å². The number of carbonyl (C=O) groups is 3. The number of amides is 3. The smallest absolute Gasteiger partial charge is 0.344 e. The number of benzene rings is 1. The van der Waals surface area contributed by atoms with Crippen molar-refractivity contribution in [1.82, 2.24) is 10.2 Å². The van der Waals surface area contributed by atoms with Crippen molar-refractivity contribution < 1.29 is 28.6 Å². The highest BCUT2D eigenvalue weighted by Crippen LogP contribution is 2.35. The number of hydrogen-bond donors (Lipinski definition) is 1. The molecular formula is C19H21BrN2O6. The van der Waals surface area contributed by atoms with E-state index in [4.69, 9.17) is 14.2 Å². The van der Waals surface area contributed by atoms with Crippen LogP contribution in [0.2, 0.25) is 0 Å². The number of nitrogens with zero attached hydrogens (tertiary/aromatic N) is 1. The summed E-state index contributed by atoms with van der Waals surface area (Å²) in [6.45, 7) is 7.55. The monoisotopic (exact) mass is 452 g/mol. The van der Waals surface area contributed by atoms with Crippen molar-refractivity contribution in [3.8, 4) is 11.5 Å². The van der Waals surface area contributed by atoms with Crippen molar-refractivity contribution in [3.05, 3.63) is 40.5 Å². The zero-order valence-electron chi connectivity index (χ0n) is 15.6. The number of esters is 1. The van der Waals surface area contributed by atoms with E-state index < -0.39 is 17.9 Å². The lowest BCUT2D eigenvalue weighted by Gasteiger charge is -2.14. The molecule has 0 atom stereocenters. The standard InChI is InChI=1S/C19H21BrN2O6/c1-4-7-22-18(24)14(21-19(22)25)8-12-9-15(26-5-2)16(10-13(12)20)28-11-17(23)27-6-3/h4,8-10H,1,5-7,11H2,2-3H3,(H,21,25)/b14-8+. The molecular weight excluding hydrogens is 432 g/mol. The van der Waals surface area contributed by atoms with Crippen LogP contribution in [-0.2, 0) is 14.3 Å². The molecule has 0 spiro atoms. The van der Waals surface area contributed by atoms with Crippen molar-refractivity contribution in [1.29, 1.82) is 0 Å². The molecule has 0 unspecified atom stereocenters. The van der Waals surface area contributed by atoms with Gasteiger partial charge in [0.1, 0.15) is 5.70 Å². The summed E-state index contributed by atoms with van der Waals surface area (Å²) >= 11 is 3.41. The minimum absolute atomic E-state index is 0.119. The fourth-order valence-electron chi connectivity index (χ4n) is 2.40. The number of imide groups is 1. The number of nitrogens with one attached hydrogen (secondary N) is 1. The summed E-state index contributed by atoms with van der Waals surface area (Å²) in [6.07, 6.45) is 3.00. The minimum Gasteiger partial charge on any atom is -0.490 e. The average molecular weight is 453 g/mol. The molecule has 1 saturated heterocycles. The highest BCUT2D eigenvalue weighted by atomic mass is 79.9. The summed E-state index contributed by atoms with van der Waals surface area (Å²) in [6, 6.07) is 2.77. The van der Waals surface area contributed by atoms with Crippen LogP contribution in [0.5, 0.6) is 11.5 Å². The van der Waals surface area contributed by atoms with Gasteiger partial charge in [0.05, 0.1) is 13.2 Å². The zero-order chi connectivity index (χ0) is 20.7. The molecule has 0 bridgehead atoms. The molecule has 1 heterocycles. The van der Waals surface area contributed by atoms with E-state index in [9.17, 15) is 14.4 Å². The van der Waals surface area contributed by atoms with E-state index in [1.54, 1.807) is 19.1 Å². The van der Waals surface area contributed by atoms with Crippen LogP contribution in [0.15, 0.2) is 35.0 Å². The predicted molar refractivity (Wildman–Crippen MR) is 106 cm³/mol. The van der Waals surface area contributed by atoms with Gasteiger partial charge in [-0.05, 0) is 37.6 Å². The third kappa shape index (κ3) is 5.13. The summed E-state index contributed by atoms with van der Waals surface area (Å²) in [4.78, 5) is 36.8. The summed E-state index contributed by atoms with van der Waals surface area (Å²) in [5.74, 6) is -0.202. The summed E-state index contributed by atoms with van der Waals surface area (Å²) in [5, 5.41) is 2.53. The molecule has 8 nitrogen and oxygen atoms in total. The zero-order valence-corrected chi connectivity index (χ0v) is 17.2. The first-order valence-corrected chi connectivity index (χ1v) is 9.40. The Bertz CT molecular complexity index is 821. The van der Waals surface area contributed by atoms with Crippen molar-refractivity contribution >= 4 is 39.9 Å². The van der Waals surface area contributed by atoms with Gasteiger partial charge in [-0.1, -0.05) is 22.0 Å². The van der Waals surface area contributed by atoms with E-state index in [1.165, 1.54) is 12.2 Å². The third-order valence-corrected chi connectivity index (χ3v) is 4.27. The maximum absolute atomic E-state index is 12.3. The van der Waals surface area contributed by atoms with Gasteiger partial charge in [0.25, 0.3) is 5.91 Å². The Morgan fingerprint density at radius 1 is 1.21 bits per heavy atom. The maximum atomic E-state index is 12.3. The highest BCUT2D eigenvalue weighted by Gasteiger charge is 2.32. The third-order valence-electron chi connectivity index (χ3n) is 3.59. The van der Waals surface area contributed by atoms with Gasteiger partial charge in [-0.15, -0.1) is 6.58 Å². The van der Waals surface area contributed by atoms with Crippen LogP contribution >= 0.6 is 15.9 Å². The van der Waals surface area contributed by atoms with E-state index in [-0.39, 0.29) is 25.5 Å². The molecule has 1 fully saturated rings. The molecule has 3 amide bonds. The number of hydrogen-bond acceptors (Lipinski definition) is 6. The summed E-state index contributed by atoms with van der Waals surface area (Å²) in [7, 11) is 0. The van der Waals surface area contributed by atoms with Crippen LogP contribution in [0.25, 0.3) is 6.08 Å². The first kappa shape index (κ1) is 21.5. The van der Waals surface area contributed by atoms with E-state index in [0.717, 1.165) is 4.90 Å². The molecule has 9 heteroatoms. The van der Waals surface area contributed by atoms with Gasteiger partial charge >= 0.3 is 12.0 Å². The Labute approximate surface area is 171 Å². The number of ether oxygens (including phenoxy) is 3. The lowest BCUT2D eigenvalue weighted by molar-refractivity contribution is -0.145. The molecule has 28 heavy (non-hydrogen) atoms. The quantitative estimate of drug-likeness (QED) is 0.268. The number of halogens is 1. The van der Waals surface area contributed by atoms with Crippen LogP contribution in [0, 0.1) is 0 Å². The molecule has 1 aromatic carbocycles. The van der Waals surface area contributed by atoms with Crippen LogP contribution in [0.1, 0.15) is 19.4 Å². The number of rotatable bonds is 9. The molecule has 0 radical (unpaired) electrons. The number of urea groups is 1. The van der Waals surface area contributed by atoms with Gasteiger partial charge in [0.2, 0.25) is 0 Å². The molecule has 1 N–H and O–H groups in total. The first-order chi connectivity index (χ1) is 13.4. The second kappa shape index (κ2) is 9.93. The largest absolute Gasteiger partial charge is 0.490 e. The van der Waals surface area contributed by atoms with Gasteiger partial charge in [-0.2, -0.15) is 0 Å². The van der Waals surface area contributed by atoms with Gasteiger partial charge < -0.3 is 19.5 Å².